The first-order valence-electron chi connectivity index (χ1n) is 5.24. The molecule has 1 aromatic heterocycles. The van der Waals surface area contributed by atoms with Crippen LogP contribution >= 0.6 is 15.9 Å². The summed E-state index contributed by atoms with van der Waals surface area (Å²) in [5.41, 5.74) is 0.859. The van der Waals surface area contributed by atoms with Gasteiger partial charge < -0.3 is 9.67 Å². The topological polar surface area (TPSA) is 59.3 Å². The SMILES string of the molecule is O=C(O)C1Cn2c(cc3c(Br)cc(F)cc32)C1=O. The number of carbonyl (C=O) groups excluding carboxylic acids is 1. The average molecular weight is 312 g/mol. The largest absolute Gasteiger partial charge is 0.481 e. The highest BCUT2D eigenvalue weighted by Crippen LogP contribution is 2.33. The third-order valence-corrected chi connectivity index (χ3v) is 3.82. The quantitative estimate of drug-likeness (QED) is 0.823. The van der Waals surface area contributed by atoms with Crippen molar-refractivity contribution in [1.82, 2.24) is 4.57 Å². The minimum absolute atomic E-state index is 0.0584. The van der Waals surface area contributed by atoms with Crippen molar-refractivity contribution in [2.45, 2.75) is 6.54 Å². The van der Waals surface area contributed by atoms with Gasteiger partial charge in [0, 0.05) is 16.4 Å². The fraction of sp³-hybridized carbons (Fsp3) is 0.167. The van der Waals surface area contributed by atoms with Gasteiger partial charge in [-0.15, -0.1) is 0 Å². The minimum atomic E-state index is -1.15. The summed E-state index contributed by atoms with van der Waals surface area (Å²) in [5.74, 6) is -3.06. The Kier molecular flexibility index (Phi) is 2.31. The fourth-order valence-electron chi connectivity index (χ4n) is 2.32. The number of carbonyl (C=O) groups is 2. The third-order valence-electron chi connectivity index (χ3n) is 3.17. The molecule has 0 radical (unpaired) electrons. The van der Waals surface area contributed by atoms with Gasteiger partial charge >= 0.3 is 5.97 Å². The summed E-state index contributed by atoms with van der Waals surface area (Å²) < 4.78 is 15.5. The molecule has 0 aliphatic carbocycles. The number of nitrogens with zero attached hydrogens (tertiary/aromatic N) is 1. The van der Waals surface area contributed by atoms with Crippen molar-refractivity contribution in [3.05, 3.63) is 34.2 Å². The molecule has 1 unspecified atom stereocenters. The molecule has 92 valence electrons. The van der Waals surface area contributed by atoms with Crippen LogP contribution in [-0.2, 0) is 11.3 Å². The van der Waals surface area contributed by atoms with Gasteiger partial charge in [0.15, 0.2) is 5.78 Å². The van der Waals surface area contributed by atoms with E-state index in [1.54, 1.807) is 10.6 Å². The van der Waals surface area contributed by atoms with Gasteiger partial charge in [-0.1, -0.05) is 0 Å². The standard InChI is InChI=1S/C12H7BrFNO3/c13-8-1-5(14)2-9-6(8)3-10-11(16)7(12(17)18)4-15(9)10/h1-3,7H,4H2,(H,17,18). The van der Waals surface area contributed by atoms with E-state index in [0.717, 1.165) is 0 Å². The van der Waals surface area contributed by atoms with Crippen LogP contribution in [0.4, 0.5) is 4.39 Å². The first kappa shape index (κ1) is 11.4. The second-order valence-electron chi connectivity index (χ2n) is 4.22. The molecule has 0 saturated heterocycles. The molecular weight excluding hydrogens is 305 g/mol. The number of carboxylic acid groups (broad SMARTS) is 1. The fourth-order valence-corrected chi connectivity index (χ4v) is 2.85. The van der Waals surface area contributed by atoms with Gasteiger partial charge in [-0.05, 0) is 34.1 Å². The smallest absolute Gasteiger partial charge is 0.316 e. The lowest BCUT2D eigenvalue weighted by atomic mass is 10.1. The van der Waals surface area contributed by atoms with Crippen molar-refractivity contribution in [2.75, 3.05) is 0 Å². The molecule has 0 bridgehead atoms. The summed E-state index contributed by atoms with van der Waals surface area (Å²) in [5, 5.41) is 9.65. The third kappa shape index (κ3) is 1.42. The predicted molar refractivity (Wildman–Crippen MR) is 65.1 cm³/mol. The number of fused-ring (bicyclic) bond motifs is 3. The monoisotopic (exact) mass is 311 g/mol. The van der Waals surface area contributed by atoms with Crippen molar-refractivity contribution in [3.63, 3.8) is 0 Å². The van der Waals surface area contributed by atoms with E-state index >= 15 is 0 Å². The maximum Gasteiger partial charge on any atom is 0.316 e. The highest BCUT2D eigenvalue weighted by molar-refractivity contribution is 9.10. The number of carboxylic acids is 1. The zero-order chi connectivity index (χ0) is 13.0. The number of halogens is 2. The molecule has 1 atom stereocenters. The van der Waals surface area contributed by atoms with Crippen LogP contribution < -0.4 is 0 Å². The van der Waals surface area contributed by atoms with E-state index in [-0.39, 0.29) is 6.54 Å². The van der Waals surface area contributed by atoms with Gasteiger partial charge in [0.25, 0.3) is 0 Å². The van der Waals surface area contributed by atoms with Gasteiger partial charge in [0.2, 0.25) is 0 Å². The Morgan fingerprint density at radius 1 is 1.44 bits per heavy atom. The van der Waals surface area contributed by atoms with Crippen LogP contribution in [-0.4, -0.2) is 21.4 Å². The molecule has 0 spiro atoms. The van der Waals surface area contributed by atoms with Crippen molar-refractivity contribution < 1.29 is 19.1 Å². The number of rotatable bonds is 1. The molecule has 1 N–H and O–H groups in total. The summed E-state index contributed by atoms with van der Waals surface area (Å²) in [6, 6.07) is 4.22. The molecular formula is C12H7BrFNO3. The Hall–Kier alpha value is -1.69. The molecule has 2 heterocycles. The van der Waals surface area contributed by atoms with Crippen molar-refractivity contribution >= 4 is 38.6 Å². The lowest BCUT2D eigenvalue weighted by molar-refractivity contribution is -0.140. The summed E-state index contributed by atoms with van der Waals surface area (Å²) in [7, 11) is 0. The molecule has 0 fully saturated rings. The van der Waals surface area contributed by atoms with E-state index in [1.807, 2.05) is 0 Å². The molecule has 0 amide bonds. The number of aromatic nitrogens is 1. The van der Waals surface area contributed by atoms with Crippen molar-refractivity contribution in [3.8, 4) is 0 Å². The second-order valence-corrected chi connectivity index (χ2v) is 5.07. The summed E-state index contributed by atoms with van der Waals surface area (Å²) in [6.07, 6.45) is 0. The summed E-state index contributed by atoms with van der Waals surface area (Å²) in [4.78, 5) is 22.8. The number of hydrogen-bond acceptors (Lipinski definition) is 2. The van der Waals surface area contributed by atoms with E-state index in [2.05, 4.69) is 15.9 Å². The maximum atomic E-state index is 13.4. The van der Waals surface area contributed by atoms with Crippen LogP contribution in [0, 0.1) is 11.7 Å². The molecule has 1 aromatic carbocycles. The van der Waals surface area contributed by atoms with E-state index in [1.165, 1.54) is 12.1 Å². The van der Waals surface area contributed by atoms with Crippen LogP contribution in [0.15, 0.2) is 22.7 Å². The van der Waals surface area contributed by atoms with Crippen LogP contribution in [0.2, 0.25) is 0 Å². The van der Waals surface area contributed by atoms with Crippen molar-refractivity contribution in [2.24, 2.45) is 5.92 Å². The van der Waals surface area contributed by atoms with Crippen molar-refractivity contribution in [1.29, 1.82) is 0 Å². The van der Waals surface area contributed by atoms with Gasteiger partial charge in [-0.25, -0.2) is 4.39 Å². The first-order valence-corrected chi connectivity index (χ1v) is 6.03. The molecule has 1 aliphatic heterocycles. The highest BCUT2D eigenvalue weighted by atomic mass is 79.9. The number of aliphatic carboxylic acids is 1. The first-order chi connectivity index (χ1) is 8.49. The molecule has 18 heavy (non-hydrogen) atoms. The van der Waals surface area contributed by atoms with E-state index in [9.17, 15) is 14.0 Å². The van der Waals surface area contributed by atoms with Crippen LogP contribution in [0.25, 0.3) is 10.9 Å². The Morgan fingerprint density at radius 3 is 2.83 bits per heavy atom. The van der Waals surface area contributed by atoms with E-state index in [0.29, 0.717) is 21.1 Å². The van der Waals surface area contributed by atoms with Gasteiger partial charge in [0.05, 0.1) is 11.2 Å². The molecule has 2 aromatic rings. The van der Waals surface area contributed by atoms with Crippen LogP contribution in [0.5, 0.6) is 0 Å². The normalized spacial score (nSPS) is 18.3. The highest BCUT2D eigenvalue weighted by Gasteiger charge is 2.37. The summed E-state index contributed by atoms with van der Waals surface area (Å²) in [6.45, 7) is 0.0584. The minimum Gasteiger partial charge on any atom is -0.481 e. The van der Waals surface area contributed by atoms with E-state index < -0.39 is 23.5 Å². The molecule has 3 rings (SSSR count). The van der Waals surface area contributed by atoms with Crippen LogP contribution in [0.1, 0.15) is 10.5 Å². The molecule has 4 nitrogen and oxygen atoms in total. The maximum absolute atomic E-state index is 13.4. The molecule has 0 saturated carbocycles. The lowest BCUT2D eigenvalue weighted by Gasteiger charge is -2.03. The zero-order valence-corrected chi connectivity index (χ0v) is 10.6. The number of ketones is 1. The van der Waals surface area contributed by atoms with Crippen LogP contribution in [0.3, 0.4) is 0 Å². The number of Topliss-reactive ketones (excluding diaryl/α,β-unsaturated/α-hetero) is 1. The van der Waals surface area contributed by atoms with Gasteiger partial charge in [0.1, 0.15) is 11.7 Å². The predicted octanol–water partition coefficient (Wildman–Crippen LogP) is 2.44. The van der Waals surface area contributed by atoms with E-state index in [4.69, 9.17) is 5.11 Å². The Labute approximate surface area is 109 Å². The Morgan fingerprint density at radius 2 is 2.17 bits per heavy atom. The molecule has 6 heteroatoms. The van der Waals surface area contributed by atoms with Gasteiger partial charge in [-0.3, -0.25) is 9.59 Å². The molecule has 1 aliphatic rings. The zero-order valence-electron chi connectivity index (χ0n) is 8.98. The second kappa shape index (κ2) is 3.65. The Balaban J connectivity index is 2.26. The summed E-state index contributed by atoms with van der Waals surface area (Å²) >= 11 is 3.23. The lowest BCUT2D eigenvalue weighted by Crippen LogP contribution is -2.20. The Bertz CT molecular complexity index is 707. The number of benzene rings is 1. The number of hydrogen-bond donors (Lipinski definition) is 1. The van der Waals surface area contributed by atoms with Gasteiger partial charge in [-0.2, -0.15) is 0 Å². The average Bonchev–Trinajstić information content (AvgIpc) is 2.77.